The first kappa shape index (κ1) is 28.4. The molecule has 2 heterocycles. The number of carbonyl (C=O) groups is 2. The molecule has 0 bridgehead atoms. The molecule has 0 spiro atoms. The van der Waals surface area contributed by atoms with Gasteiger partial charge in [-0.2, -0.15) is 5.10 Å². The van der Waals surface area contributed by atoms with Gasteiger partial charge in [-0.3, -0.25) is 14.5 Å². The van der Waals surface area contributed by atoms with E-state index in [4.69, 9.17) is 20.8 Å². The maximum Gasteiger partial charge on any atom is 0.267 e. The molecule has 1 aliphatic heterocycles. The summed E-state index contributed by atoms with van der Waals surface area (Å²) < 4.78 is 12.2. The molecule has 1 saturated heterocycles. The van der Waals surface area contributed by atoms with Gasteiger partial charge in [-0.05, 0) is 78.0 Å². The van der Waals surface area contributed by atoms with Crippen molar-refractivity contribution in [3.8, 4) is 5.75 Å². The van der Waals surface area contributed by atoms with Gasteiger partial charge in [-0.1, -0.05) is 57.9 Å². The molecular formula is C30H22BrClN4O4S. The number of amides is 2. The fourth-order valence-corrected chi connectivity index (χ4v) is 5.04. The maximum absolute atomic E-state index is 13.5. The second kappa shape index (κ2) is 13.5. The lowest BCUT2D eigenvalue weighted by molar-refractivity contribution is -0.122. The van der Waals surface area contributed by atoms with E-state index in [1.54, 1.807) is 67.1 Å². The highest BCUT2D eigenvalue weighted by Crippen LogP contribution is 2.35. The first-order chi connectivity index (χ1) is 19.9. The maximum atomic E-state index is 13.5. The third kappa shape index (κ3) is 7.75. The Morgan fingerprint density at radius 3 is 2.59 bits per heavy atom. The second-order valence-electron chi connectivity index (χ2n) is 8.64. The summed E-state index contributed by atoms with van der Waals surface area (Å²) in [5.74, 6) is 0.485. The van der Waals surface area contributed by atoms with Gasteiger partial charge in [0.1, 0.15) is 11.5 Å². The Balaban J connectivity index is 1.33. The van der Waals surface area contributed by atoms with E-state index in [1.807, 2.05) is 36.4 Å². The van der Waals surface area contributed by atoms with Crippen LogP contribution in [0.3, 0.4) is 0 Å². The Bertz CT molecular complexity index is 1620. The quantitative estimate of drug-likeness (QED) is 0.117. The summed E-state index contributed by atoms with van der Waals surface area (Å²) in [6.07, 6.45) is 4.89. The predicted octanol–water partition coefficient (Wildman–Crippen LogP) is 7.22. The third-order valence-corrected chi connectivity index (χ3v) is 7.47. The van der Waals surface area contributed by atoms with Gasteiger partial charge in [0.25, 0.3) is 11.8 Å². The highest BCUT2D eigenvalue weighted by Gasteiger charge is 2.34. The molecule has 3 aromatic carbocycles. The monoisotopic (exact) mass is 648 g/mol. The minimum absolute atomic E-state index is 0.200. The number of anilines is 1. The molecule has 2 amide bonds. The number of benzene rings is 3. The zero-order valence-electron chi connectivity index (χ0n) is 21.4. The van der Waals surface area contributed by atoms with Crippen LogP contribution in [0.25, 0.3) is 6.08 Å². The van der Waals surface area contributed by atoms with Crippen molar-refractivity contribution in [2.24, 2.45) is 10.2 Å². The van der Waals surface area contributed by atoms with E-state index in [9.17, 15) is 9.59 Å². The summed E-state index contributed by atoms with van der Waals surface area (Å²) in [6, 6.07) is 25.1. The summed E-state index contributed by atoms with van der Waals surface area (Å²) in [7, 11) is 0. The molecule has 0 radical (unpaired) electrons. The number of para-hydroxylation sites is 1. The Kier molecular flexibility index (Phi) is 9.35. The van der Waals surface area contributed by atoms with Crippen molar-refractivity contribution < 1.29 is 18.7 Å². The van der Waals surface area contributed by atoms with Crippen LogP contribution in [0.1, 0.15) is 16.9 Å². The number of nitrogens with one attached hydrogen (secondary N) is 1. The first-order valence-corrected chi connectivity index (χ1v) is 14.3. The number of hydrogen-bond acceptors (Lipinski definition) is 7. The third-order valence-electron chi connectivity index (χ3n) is 5.69. The number of ether oxygens (including phenoxy) is 1. The number of amidine groups is 1. The van der Waals surface area contributed by atoms with Crippen LogP contribution >= 0.6 is 39.3 Å². The van der Waals surface area contributed by atoms with Gasteiger partial charge in [0, 0.05) is 20.7 Å². The number of thioether (sulfide) groups is 1. The Morgan fingerprint density at radius 1 is 1.05 bits per heavy atom. The molecule has 5 rings (SSSR count). The van der Waals surface area contributed by atoms with E-state index in [0.717, 1.165) is 10.0 Å². The lowest BCUT2D eigenvalue weighted by Gasteiger charge is -2.12. The summed E-state index contributed by atoms with van der Waals surface area (Å²) in [5.41, 5.74) is 2.12. The molecule has 0 saturated carbocycles. The highest BCUT2D eigenvalue weighted by atomic mass is 79.9. The van der Waals surface area contributed by atoms with Crippen LogP contribution in [0.2, 0.25) is 5.02 Å². The molecule has 8 nitrogen and oxygen atoms in total. The van der Waals surface area contributed by atoms with Gasteiger partial charge < -0.3 is 14.5 Å². The van der Waals surface area contributed by atoms with Gasteiger partial charge in [0.15, 0.2) is 11.8 Å². The Labute approximate surface area is 253 Å². The Morgan fingerprint density at radius 2 is 1.83 bits per heavy atom. The van der Waals surface area contributed by atoms with Crippen molar-refractivity contribution in [1.82, 2.24) is 4.90 Å². The van der Waals surface area contributed by atoms with Crippen molar-refractivity contribution in [2.45, 2.75) is 6.54 Å². The van der Waals surface area contributed by atoms with E-state index in [2.05, 4.69) is 31.4 Å². The number of carbonyl (C=O) groups excluding carboxylic acids is 2. The lowest BCUT2D eigenvalue weighted by atomic mass is 10.2. The van der Waals surface area contributed by atoms with Crippen molar-refractivity contribution in [1.29, 1.82) is 0 Å². The van der Waals surface area contributed by atoms with Crippen molar-refractivity contribution in [3.63, 3.8) is 0 Å². The highest BCUT2D eigenvalue weighted by molar-refractivity contribution is 9.10. The van der Waals surface area contributed by atoms with Gasteiger partial charge in [-0.15, -0.1) is 5.10 Å². The van der Waals surface area contributed by atoms with Crippen molar-refractivity contribution in [2.75, 3.05) is 11.9 Å². The summed E-state index contributed by atoms with van der Waals surface area (Å²) in [5, 5.41) is 12.3. The van der Waals surface area contributed by atoms with Gasteiger partial charge >= 0.3 is 0 Å². The van der Waals surface area contributed by atoms with E-state index in [-0.39, 0.29) is 25.0 Å². The summed E-state index contributed by atoms with van der Waals surface area (Å²) in [6.45, 7) is -0.0160. The average Bonchev–Trinajstić information content (AvgIpc) is 3.59. The standard InChI is InChI=1S/C30H22BrClN4O4S/c31-22-9-7-20(8-10-22)17-33-35-30-36(18-25-5-3-15-39-25)29(38)27(41-30)16-21-4-1-2-6-26(21)40-19-28(37)34-24-13-11-23(32)12-14-24/h1-17H,18-19H2,(H,34,37)/b27-16-,33-17+,35-30-. The molecule has 41 heavy (non-hydrogen) atoms. The molecule has 1 aliphatic rings. The Hall–Kier alpha value is -4.12. The first-order valence-electron chi connectivity index (χ1n) is 12.3. The zero-order valence-corrected chi connectivity index (χ0v) is 24.5. The van der Waals surface area contributed by atoms with E-state index in [1.165, 1.54) is 16.7 Å². The molecule has 206 valence electrons. The molecular weight excluding hydrogens is 628 g/mol. The molecule has 0 atom stereocenters. The van der Waals surface area contributed by atoms with Crippen molar-refractivity contribution in [3.05, 3.63) is 122 Å². The smallest absolute Gasteiger partial charge is 0.267 e. The molecule has 1 N–H and O–H groups in total. The number of nitrogens with zero attached hydrogens (tertiary/aromatic N) is 3. The van der Waals surface area contributed by atoms with Crippen LogP contribution in [0, 0.1) is 0 Å². The zero-order chi connectivity index (χ0) is 28.6. The van der Waals surface area contributed by atoms with Crippen LogP contribution in [0.4, 0.5) is 5.69 Å². The lowest BCUT2D eigenvalue weighted by Crippen LogP contribution is -2.28. The van der Waals surface area contributed by atoms with Gasteiger partial charge in [0.2, 0.25) is 0 Å². The molecule has 1 fully saturated rings. The topological polar surface area (TPSA) is 96.5 Å². The van der Waals surface area contributed by atoms with Crippen LogP contribution in [-0.4, -0.2) is 34.7 Å². The largest absolute Gasteiger partial charge is 0.483 e. The van der Waals surface area contributed by atoms with E-state index >= 15 is 0 Å². The number of halogens is 2. The number of hydrogen-bond donors (Lipinski definition) is 1. The normalized spacial score (nSPS) is 15.3. The second-order valence-corrected chi connectivity index (χ2v) is 11.0. The number of rotatable bonds is 9. The van der Waals surface area contributed by atoms with Crippen molar-refractivity contribution >= 4 is 74.3 Å². The summed E-state index contributed by atoms with van der Waals surface area (Å²) >= 11 is 10.5. The number of furan rings is 1. The van der Waals surface area contributed by atoms with E-state index in [0.29, 0.717) is 37.9 Å². The predicted molar refractivity (Wildman–Crippen MR) is 166 cm³/mol. The molecule has 1 aromatic heterocycles. The molecule has 0 aliphatic carbocycles. The van der Waals surface area contributed by atoms with E-state index < -0.39 is 0 Å². The minimum atomic E-state index is -0.330. The van der Waals surface area contributed by atoms with Crippen LogP contribution in [0.15, 0.2) is 115 Å². The molecule has 4 aromatic rings. The average molecular weight is 650 g/mol. The fourth-order valence-electron chi connectivity index (χ4n) is 3.72. The van der Waals surface area contributed by atoms with Crippen LogP contribution < -0.4 is 10.1 Å². The minimum Gasteiger partial charge on any atom is -0.483 e. The van der Waals surface area contributed by atoms with Gasteiger partial charge in [0.05, 0.1) is 23.9 Å². The summed E-state index contributed by atoms with van der Waals surface area (Å²) in [4.78, 5) is 27.8. The SMILES string of the molecule is O=C(COc1ccccc1/C=C1\S/C(=N\N=C\c2ccc(Br)cc2)N(Cc2ccco2)C1=O)Nc1ccc(Cl)cc1. The van der Waals surface area contributed by atoms with Crippen LogP contribution in [0.5, 0.6) is 5.75 Å². The van der Waals surface area contributed by atoms with Crippen LogP contribution in [-0.2, 0) is 16.1 Å². The van der Waals surface area contributed by atoms with Gasteiger partial charge in [-0.25, -0.2) is 0 Å². The molecule has 0 unspecified atom stereocenters. The fraction of sp³-hybridized carbons (Fsp3) is 0.0667. The molecule has 11 heteroatoms.